The molecule has 194 valence electrons. The number of allylic oxidation sites excluding steroid dienone is 6. The number of para-hydroxylation sites is 1. The van der Waals surface area contributed by atoms with Gasteiger partial charge in [-0.2, -0.15) is 0 Å². The Balaban J connectivity index is 1.35. The van der Waals surface area contributed by atoms with Gasteiger partial charge in [0.2, 0.25) is 0 Å². The quantitative estimate of drug-likeness (QED) is 0.367. The summed E-state index contributed by atoms with van der Waals surface area (Å²) in [4.78, 5) is 31.4. The SMILES string of the molecule is CCOC(=O)CNC(=S)N1CCC(c2nc(C(=O)Nc3ccccc3C3=CC=C(C)CC=C3)cs2)CC1. The summed E-state index contributed by atoms with van der Waals surface area (Å²) in [6.07, 6.45) is 11.1. The first-order valence-electron chi connectivity index (χ1n) is 12.5. The molecule has 1 amide bonds. The molecule has 0 spiro atoms. The highest BCUT2D eigenvalue weighted by atomic mass is 32.1. The Hall–Kier alpha value is -3.30. The predicted octanol–water partition coefficient (Wildman–Crippen LogP) is 5.30. The molecule has 1 fully saturated rings. The summed E-state index contributed by atoms with van der Waals surface area (Å²) in [5.41, 5.74) is 4.54. The van der Waals surface area contributed by atoms with Crippen molar-refractivity contribution in [2.75, 3.05) is 31.6 Å². The summed E-state index contributed by atoms with van der Waals surface area (Å²) in [7, 11) is 0. The van der Waals surface area contributed by atoms with Crippen LogP contribution >= 0.6 is 23.6 Å². The van der Waals surface area contributed by atoms with Crippen molar-refractivity contribution in [1.82, 2.24) is 15.2 Å². The van der Waals surface area contributed by atoms with E-state index in [-0.39, 0.29) is 24.3 Å². The number of aromatic nitrogens is 1. The lowest BCUT2D eigenvalue weighted by Crippen LogP contribution is -2.45. The molecular formula is C28H32N4O3S2. The molecule has 1 aliphatic heterocycles. The smallest absolute Gasteiger partial charge is 0.325 e. The molecular weight excluding hydrogens is 504 g/mol. The first kappa shape index (κ1) is 26.8. The minimum absolute atomic E-state index is 0.0740. The van der Waals surface area contributed by atoms with E-state index < -0.39 is 0 Å². The van der Waals surface area contributed by atoms with E-state index in [0.29, 0.717) is 17.4 Å². The maximum absolute atomic E-state index is 13.1. The number of nitrogens with one attached hydrogen (secondary N) is 2. The minimum atomic E-state index is -0.315. The molecule has 9 heteroatoms. The van der Waals surface area contributed by atoms with Crippen molar-refractivity contribution in [3.8, 4) is 0 Å². The van der Waals surface area contributed by atoms with Gasteiger partial charge in [0.15, 0.2) is 5.11 Å². The van der Waals surface area contributed by atoms with Crippen LogP contribution in [0.25, 0.3) is 5.57 Å². The van der Waals surface area contributed by atoms with Gasteiger partial charge in [-0.3, -0.25) is 9.59 Å². The topological polar surface area (TPSA) is 83.6 Å². The molecule has 0 radical (unpaired) electrons. The molecule has 2 heterocycles. The number of thiocarbonyl (C=S) groups is 1. The Bertz CT molecular complexity index is 1240. The summed E-state index contributed by atoms with van der Waals surface area (Å²) in [5.74, 6) is -0.244. The van der Waals surface area contributed by atoms with Gasteiger partial charge in [0.25, 0.3) is 5.91 Å². The predicted molar refractivity (Wildman–Crippen MR) is 153 cm³/mol. The van der Waals surface area contributed by atoms with Gasteiger partial charge in [-0.15, -0.1) is 11.3 Å². The molecule has 37 heavy (non-hydrogen) atoms. The van der Waals surface area contributed by atoms with Crippen molar-refractivity contribution >= 4 is 51.8 Å². The van der Waals surface area contributed by atoms with Gasteiger partial charge in [0.1, 0.15) is 12.2 Å². The van der Waals surface area contributed by atoms with E-state index >= 15 is 0 Å². The molecule has 4 rings (SSSR count). The van der Waals surface area contributed by atoms with Crippen LogP contribution in [0.3, 0.4) is 0 Å². The maximum Gasteiger partial charge on any atom is 0.325 e. The lowest BCUT2D eigenvalue weighted by atomic mass is 9.98. The maximum atomic E-state index is 13.1. The second kappa shape index (κ2) is 12.8. The van der Waals surface area contributed by atoms with Gasteiger partial charge < -0.3 is 20.3 Å². The minimum Gasteiger partial charge on any atom is -0.465 e. The van der Waals surface area contributed by atoms with Crippen LogP contribution < -0.4 is 10.6 Å². The number of amides is 1. The summed E-state index contributed by atoms with van der Waals surface area (Å²) in [6.45, 7) is 5.85. The molecule has 2 N–H and O–H groups in total. The van der Waals surface area contributed by atoms with Crippen molar-refractivity contribution in [3.05, 3.63) is 75.8 Å². The average Bonchev–Trinajstić information content (AvgIpc) is 3.31. The zero-order valence-corrected chi connectivity index (χ0v) is 22.8. The third kappa shape index (κ3) is 7.14. The van der Waals surface area contributed by atoms with E-state index in [1.165, 1.54) is 16.9 Å². The number of ether oxygens (including phenoxy) is 1. The molecule has 2 aliphatic rings. The van der Waals surface area contributed by atoms with E-state index in [4.69, 9.17) is 17.0 Å². The zero-order valence-electron chi connectivity index (χ0n) is 21.2. The fourth-order valence-corrected chi connectivity index (χ4v) is 5.54. The fourth-order valence-electron chi connectivity index (χ4n) is 4.32. The Labute approximate surface area is 227 Å². The van der Waals surface area contributed by atoms with E-state index in [2.05, 4.69) is 51.7 Å². The van der Waals surface area contributed by atoms with Gasteiger partial charge in [-0.25, -0.2) is 4.98 Å². The highest BCUT2D eigenvalue weighted by molar-refractivity contribution is 7.80. The number of benzene rings is 1. The third-order valence-corrected chi connectivity index (χ3v) is 7.76. The van der Waals surface area contributed by atoms with Crippen LogP contribution in [0.4, 0.5) is 5.69 Å². The van der Waals surface area contributed by atoms with E-state index in [1.54, 1.807) is 6.92 Å². The van der Waals surface area contributed by atoms with Gasteiger partial charge in [0.05, 0.1) is 11.6 Å². The Morgan fingerprint density at radius 1 is 1.22 bits per heavy atom. The highest BCUT2D eigenvalue weighted by Crippen LogP contribution is 2.31. The van der Waals surface area contributed by atoms with Gasteiger partial charge >= 0.3 is 5.97 Å². The number of piperidine rings is 1. The van der Waals surface area contributed by atoms with E-state index in [1.807, 2.05) is 29.6 Å². The van der Waals surface area contributed by atoms with Crippen molar-refractivity contribution < 1.29 is 14.3 Å². The summed E-state index contributed by atoms with van der Waals surface area (Å²) < 4.78 is 4.93. The molecule has 1 aromatic heterocycles. The normalized spacial score (nSPS) is 15.9. The van der Waals surface area contributed by atoms with Crippen LogP contribution in [-0.2, 0) is 9.53 Å². The third-order valence-electron chi connectivity index (χ3n) is 6.35. The summed E-state index contributed by atoms with van der Waals surface area (Å²) in [6, 6.07) is 7.85. The summed E-state index contributed by atoms with van der Waals surface area (Å²) in [5, 5.41) is 9.41. The van der Waals surface area contributed by atoms with Gasteiger partial charge in [-0.1, -0.05) is 48.1 Å². The lowest BCUT2D eigenvalue weighted by Gasteiger charge is -2.33. The number of anilines is 1. The van der Waals surface area contributed by atoms with Crippen molar-refractivity contribution in [2.45, 2.75) is 39.0 Å². The Kier molecular flexibility index (Phi) is 9.24. The molecule has 0 saturated carbocycles. The molecule has 7 nitrogen and oxygen atoms in total. The Morgan fingerprint density at radius 2 is 2.00 bits per heavy atom. The molecule has 1 aliphatic carbocycles. The first-order valence-corrected chi connectivity index (χ1v) is 13.8. The van der Waals surface area contributed by atoms with Crippen LogP contribution in [-0.4, -0.2) is 53.1 Å². The van der Waals surface area contributed by atoms with E-state index in [0.717, 1.165) is 54.2 Å². The fraction of sp³-hybridized carbons (Fsp3) is 0.357. The Morgan fingerprint density at radius 3 is 2.78 bits per heavy atom. The highest BCUT2D eigenvalue weighted by Gasteiger charge is 2.25. The van der Waals surface area contributed by atoms with Crippen molar-refractivity contribution in [2.24, 2.45) is 0 Å². The van der Waals surface area contributed by atoms with Gasteiger partial charge in [-0.05, 0) is 57.0 Å². The van der Waals surface area contributed by atoms with Crippen LogP contribution in [0.1, 0.15) is 60.1 Å². The van der Waals surface area contributed by atoms with Gasteiger partial charge in [0, 0.05) is 35.6 Å². The second-order valence-corrected chi connectivity index (χ2v) is 10.3. The molecule has 2 aromatic rings. The van der Waals surface area contributed by atoms with Crippen LogP contribution in [0.5, 0.6) is 0 Å². The van der Waals surface area contributed by atoms with Crippen molar-refractivity contribution in [1.29, 1.82) is 0 Å². The lowest BCUT2D eigenvalue weighted by molar-refractivity contribution is -0.141. The largest absolute Gasteiger partial charge is 0.465 e. The van der Waals surface area contributed by atoms with Crippen LogP contribution in [0.15, 0.2) is 59.5 Å². The number of esters is 1. The van der Waals surface area contributed by atoms with Crippen molar-refractivity contribution in [3.63, 3.8) is 0 Å². The second-order valence-electron chi connectivity index (χ2n) is 9.04. The molecule has 0 bridgehead atoms. The van der Waals surface area contributed by atoms with Crippen LogP contribution in [0.2, 0.25) is 0 Å². The average molecular weight is 537 g/mol. The van der Waals surface area contributed by atoms with Crippen LogP contribution in [0, 0.1) is 0 Å². The molecule has 0 unspecified atom stereocenters. The monoisotopic (exact) mass is 536 g/mol. The van der Waals surface area contributed by atoms with E-state index in [9.17, 15) is 9.59 Å². The standard InChI is InChI=1S/C28H32N4O3S2/c1-3-35-25(33)17-29-28(36)32-15-13-21(14-16-32)27-31-24(18-37-27)26(34)30-23-10-5-4-9-22(23)20-8-6-7-19(2)11-12-20/h4-6,8-12,18,21H,3,7,13-17H2,1-2H3,(H,29,36)(H,30,34). The number of carbonyl (C=O) groups excluding carboxylic acids is 2. The molecule has 0 atom stereocenters. The first-order chi connectivity index (χ1) is 17.9. The number of rotatable bonds is 7. The number of hydrogen-bond acceptors (Lipinski definition) is 6. The number of hydrogen-bond donors (Lipinski definition) is 2. The molecule has 1 aromatic carbocycles. The summed E-state index contributed by atoms with van der Waals surface area (Å²) >= 11 is 6.96. The zero-order chi connectivity index (χ0) is 26.2. The molecule has 1 saturated heterocycles. The number of likely N-dealkylation sites (tertiary alicyclic amines) is 1. The number of carbonyl (C=O) groups is 2. The number of nitrogens with zero attached hydrogens (tertiary/aromatic N) is 2. The number of thiazole rings is 1.